The second-order valence-corrected chi connectivity index (χ2v) is 8.56. The van der Waals surface area contributed by atoms with Gasteiger partial charge in [-0.15, -0.1) is 0 Å². The average Bonchev–Trinajstić information content (AvgIpc) is 2.84. The molecule has 0 aromatic heterocycles. The number of hydrogen-bond acceptors (Lipinski definition) is 0. The van der Waals surface area contributed by atoms with E-state index in [1.165, 1.54) is 66.1 Å². The molecule has 0 spiro atoms. The molecule has 150 valence electrons. The number of aryl methyl sites for hydroxylation is 2. The molecule has 0 heteroatoms. The first-order valence-corrected chi connectivity index (χ1v) is 11.0. The van der Waals surface area contributed by atoms with Crippen molar-refractivity contribution >= 4 is 33.7 Å². The van der Waals surface area contributed by atoms with Gasteiger partial charge < -0.3 is 0 Å². The Kier molecular flexibility index (Phi) is 4.23. The summed E-state index contributed by atoms with van der Waals surface area (Å²) in [4.78, 5) is 0. The van der Waals surface area contributed by atoms with E-state index in [4.69, 9.17) is 0 Å². The Labute approximate surface area is 188 Å². The minimum Gasteiger partial charge on any atom is -0.0696 e. The molecule has 0 bridgehead atoms. The lowest BCUT2D eigenvalue weighted by atomic mass is 9.87. The van der Waals surface area contributed by atoms with E-state index in [1.807, 2.05) is 12.2 Å². The molecule has 0 atom stereocenters. The minimum atomic E-state index is 1.20. The predicted octanol–water partition coefficient (Wildman–Crippen LogP) is 8.74. The Balaban J connectivity index is 1.61. The van der Waals surface area contributed by atoms with Crippen molar-refractivity contribution in [3.05, 3.63) is 119 Å². The maximum Gasteiger partial charge on any atom is -0.00148 e. The summed E-state index contributed by atoms with van der Waals surface area (Å²) in [5.74, 6) is 0. The molecule has 32 heavy (non-hydrogen) atoms. The van der Waals surface area contributed by atoms with Gasteiger partial charge in [-0.05, 0) is 104 Å². The molecule has 1 aliphatic carbocycles. The fourth-order valence-corrected chi connectivity index (χ4v) is 4.99. The molecule has 0 heterocycles. The van der Waals surface area contributed by atoms with Gasteiger partial charge in [0, 0.05) is 0 Å². The first-order valence-electron chi connectivity index (χ1n) is 11.0. The third-order valence-corrected chi connectivity index (χ3v) is 6.60. The summed E-state index contributed by atoms with van der Waals surface area (Å²) in [6.07, 6.45) is 4.07. The van der Waals surface area contributed by atoms with Crippen LogP contribution in [0.15, 0.2) is 96.4 Å². The molecule has 0 N–H and O–H groups in total. The Morgan fingerprint density at radius 2 is 1.34 bits per heavy atom. The van der Waals surface area contributed by atoms with Crippen molar-refractivity contribution in [1.82, 2.24) is 0 Å². The molecule has 1 aliphatic rings. The van der Waals surface area contributed by atoms with Crippen LogP contribution in [0.25, 0.3) is 56.0 Å². The van der Waals surface area contributed by atoms with E-state index in [1.54, 1.807) is 0 Å². The van der Waals surface area contributed by atoms with Crippen LogP contribution < -0.4 is 0 Å². The van der Waals surface area contributed by atoms with Gasteiger partial charge >= 0.3 is 0 Å². The van der Waals surface area contributed by atoms with Crippen LogP contribution in [0.2, 0.25) is 0 Å². The summed E-state index contributed by atoms with van der Waals surface area (Å²) in [6, 6.07) is 31.0. The molecular formula is C32H22. The Morgan fingerprint density at radius 3 is 2.22 bits per heavy atom. The number of hydrogen-bond donors (Lipinski definition) is 0. The molecule has 5 aromatic rings. The second kappa shape index (κ2) is 7.26. The van der Waals surface area contributed by atoms with Crippen molar-refractivity contribution in [2.45, 2.75) is 13.8 Å². The molecule has 6 rings (SSSR count). The van der Waals surface area contributed by atoms with Gasteiger partial charge in [-0.25, -0.2) is 0 Å². The molecule has 0 fully saturated rings. The van der Waals surface area contributed by atoms with Crippen molar-refractivity contribution in [3.8, 4) is 22.3 Å². The summed E-state index contributed by atoms with van der Waals surface area (Å²) < 4.78 is 0. The van der Waals surface area contributed by atoms with E-state index in [-0.39, 0.29) is 0 Å². The zero-order chi connectivity index (χ0) is 21.7. The van der Waals surface area contributed by atoms with E-state index < -0.39 is 0 Å². The fraction of sp³-hybridized carbons (Fsp3) is 0.0625. The largest absolute Gasteiger partial charge is 0.0696 e. The number of benzene rings is 5. The number of fused-ring (bicyclic) bond motifs is 4. The van der Waals surface area contributed by atoms with E-state index in [0.717, 1.165) is 0 Å². The van der Waals surface area contributed by atoms with Gasteiger partial charge in [0.2, 0.25) is 0 Å². The third-order valence-electron chi connectivity index (χ3n) is 6.60. The van der Waals surface area contributed by atoms with E-state index >= 15 is 0 Å². The summed E-state index contributed by atoms with van der Waals surface area (Å²) in [5.41, 5.74) is 16.4. The van der Waals surface area contributed by atoms with Crippen molar-refractivity contribution in [2.75, 3.05) is 0 Å². The SMILES string of the molecule is Cc1ccccc1-c1c(C)ccc2cc(-c3cc4c(c5ccccc35)C=C=C=C4)ccc12. The minimum absolute atomic E-state index is 1.20. The summed E-state index contributed by atoms with van der Waals surface area (Å²) >= 11 is 0. The summed E-state index contributed by atoms with van der Waals surface area (Å²) in [6.45, 7) is 4.40. The summed E-state index contributed by atoms with van der Waals surface area (Å²) in [7, 11) is 0. The molecule has 5 aromatic carbocycles. The highest BCUT2D eigenvalue weighted by molar-refractivity contribution is 6.06. The molecule has 0 saturated carbocycles. The van der Waals surface area contributed by atoms with Crippen LogP contribution in [0, 0.1) is 13.8 Å². The molecule has 0 unspecified atom stereocenters. The smallest absolute Gasteiger partial charge is 0.00148 e. The van der Waals surface area contributed by atoms with Gasteiger partial charge in [-0.1, -0.05) is 84.3 Å². The van der Waals surface area contributed by atoms with Crippen LogP contribution in [0.3, 0.4) is 0 Å². The molecule has 0 saturated heterocycles. The summed E-state index contributed by atoms with van der Waals surface area (Å²) in [5, 5.41) is 5.10. The Bertz CT molecular complexity index is 1650. The third kappa shape index (κ3) is 2.87. The van der Waals surface area contributed by atoms with Crippen LogP contribution in [-0.2, 0) is 0 Å². The molecule has 0 aliphatic heterocycles. The zero-order valence-corrected chi connectivity index (χ0v) is 18.2. The Hall–Kier alpha value is -4.08. The fourth-order valence-electron chi connectivity index (χ4n) is 4.99. The van der Waals surface area contributed by atoms with E-state index in [9.17, 15) is 0 Å². The van der Waals surface area contributed by atoms with Gasteiger partial charge in [0.25, 0.3) is 0 Å². The van der Waals surface area contributed by atoms with Gasteiger partial charge in [-0.3, -0.25) is 0 Å². The maximum atomic E-state index is 3.12. The highest BCUT2D eigenvalue weighted by Crippen LogP contribution is 2.39. The monoisotopic (exact) mass is 406 g/mol. The maximum absolute atomic E-state index is 3.12. The van der Waals surface area contributed by atoms with Gasteiger partial charge in [0.15, 0.2) is 0 Å². The van der Waals surface area contributed by atoms with Gasteiger partial charge in [0.1, 0.15) is 0 Å². The Morgan fingerprint density at radius 1 is 0.562 bits per heavy atom. The molecule has 0 nitrogen and oxygen atoms in total. The van der Waals surface area contributed by atoms with Crippen molar-refractivity contribution in [3.63, 3.8) is 0 Å². The molecule has 0 radical (unpaired) electrons. The van der Waals surface area contributed by atoms with Crippen LogP contribution in [0.4, 0.5) is 0 Å². The lowest BCUT2D eigenvalue weighted by Gasteiger charge is -2.16. The molecular weight excluding hydrogens is 384 g/mol. The lowest BCUT2D eigenvalue weighted by molar-refractivity contribution is 1.43. The zero-order valence-electron chi connectivity index (χ0n) is 18.2. The van der Waals surface area contributed by atoms with E-state index in [2.05, 4.69) is 110 Å². The van der Waals surface area contributed by atoms with Crippen molar-refractivity contribution in [1.29, 1.82) is 0 Å². The van der Waals surface area contributed by atoms with Crippen molar-refractivity contribution in [2.24, 2.45) is 0 Å². The standard InChI is InChI=1S/C32H22/c1-21-9-3-5-11-26(21)32-22(2)15-16-24-19-25(17-18-28(24)32)31-20-23-10-4-6-12-27(23)29-13-7-8-14-30(29)31/h3,5,7-20H,1-2H3. The normalized spacial score (nSPS) is 11.9. The van der Waals surface area contributed by atoms with Gasteiger partial charge in [0.05, 0.1) is 0 Å². The van der Waals surface area contributed by atoms with Crippen LogP contribution in [-0.4, -0.2) is 0 Å². The predicted molar refractivity (Wildman–Crippen MR) is 138 cm³/mol. The van der Waals surface area contributed by atoms with Crippen molar-refractivity contribution < 1.29 is 0 Å². The van der Waals surface area contributed by atoms with Crippen LogP contribution in [0.1, 0.15) is 22.3 Å². The highest BCUT2D eigenvalue weighted by atomic mass is 14.2. The quantitative estimate of drug-likeness (QED) is 0.252. The van der Waals surface area contributed by atoms with Gasteiger partial charge in [-0.2, -0.15) is 0 Å². The first kappa shape index (κ1) is 18.7. The topological polar surface area (TPSA) is 0 Å². The second-order valence-electron chi connectivity index (χ2n) is 8.56. The average molecular weight is 407 g/mol. The highest BCUT2D eigenvalue weighted by Gasteiger charge is 2.14. The van der Waals surface area contributed by atoms with Crippen LogP contribution >= 0.6 is 0 Å². The number of rotatable bonds is 2. The van der Waals surface area contributed by atoms with Crippen LogP contribution in [0.5, 0.6) is 0 Å². The first-order chi connectivity index (χ1) is 15.7. The van der Waals surface area contributed by atoms with E-state index in [0.29, 0.717) is 0 Å². The molecule has 0 amide bonds. The lowest BCUT2D eigenvalue weighted by Crippen LogP contribution is -1.92.